The van der Waals surface area contributed by atoms with Crippen molar-refractivity contribution >= 4 is 11.9 Å². The van der Waals surface area contributed by atoms with Crippen LogP contribution < -0.4 is 19.9 Å². The highest BCUT2D eigenvalue weighted by Gasteiger charge is 2.47. The molecule has 3 N–H and O–H groups in total. The summed E-state index contributed by atoms with van der Waals surface area (Å²) in [7, 11) is 1.55. The van der Waals surface area contributed by atoms with Crippen LogP contribution in [0.25, 0.3) is 0 Å². The molecule has 202 valence electrons. The number of benzene rings is 1. The van der Waals surface area contributed by atoms with Crippen molar-refractivity contribution in [1.82, 2.24) is 19.6 Å². The van der Waals surface area contributed by atoms with Gasteiger partial charge in [0.1, 0.15) is 0 Å². The van der Waals surface area contributed by atoms with E-state index in [1.54, 1.807) is 22.9 Å². The summed E-state index contributed by atoms with van der Waals surface area (Å²) in [6, 6.07) is 5.14. The number of nitrogens with zero attached hydrogens (tertiary/aromatic N) is 4. The van der Waals surface area contributed by atoms with Crippen LogP contribution in [0.3, 0.4) is 0 Å². The van der Waals surface area contributed by atoms with Crippen LogP contribution in [0.1, 0.15) is 37.7 Å². The molecule has 3 atom stereocenters. The standard InChI is InChI=1S/C26H37N5O6/c1-3-4-9-29(12-7-27)23(32)16-30-15-19(18-13-21(35-2)25-22(14-18)36-17-37-25)24(26(33)34)20(30)6-11-31-10-5-8-28-31/h5,8,10,13-14,19-20,24H,3-4,6-7,9,11-12,15-17,27H2,1-2H3,(H,33,34)/t19-,20+,24-/m1/s1. The van der Waals surface area contributed by atoms with Gasteiger partial charge in [0.25, 0.3) is 0 Å². The van der Waals surface area contributed by atoms with Gasteiger partial charge in [-0.1, -0.05) is 13.3 Å². The third kappa shape index (κ3) is 5.99. The van der Waals surface area contributed by atoms with Crippen LogP contribution in [0.2, 0.25) is 0 Å². The summed E-state index contributed by atoms with van der Waals surface area (Å²) < 4.78 is 18.4. The predicted octanol–water partition coefficient (Wildman–Crippen LogP) is 1.77. The normalized spacial score (nSPS) is 20.8. The Balaban J connectivity index is 1.63. The number of carboxylic acids is 1. The van der Waals surface area contributed by atoms with Gasteiger partial charge in [-0.2, -0.15) is 5.10 Å². The first-order valence-electron chi connectivity index (χ1n) is 12.9. The van der Waals surface area contributed by atoms with Gasteiger partial charge in [0.15, 0.2) is 11.5 Å². The second-order valence-corrected chi connectivity index (χ2v) is 9.51. The molecule has 1 fully saturated rings. The summed E-state index contributed by atoms with van der Waals surface area (Å²) in [5.74, 6) is -0.461. The molecule has 0 unspecified atom stereocenters. The van der Waals surface area contributed by atoms with Gasteiger partial charge in [-0.05, 0) is 36.6 Å². The minimum atomic E-state index is -0.896. The molecule has 0 spiro atoms. The van der Waals surface area contributed by atoms with Crippen molar-refractivity contribution in [3.05, 3.63) is 36.2 Å². The molecule has 4 rings (SSSR count). The largest absolute Gasteiger partial charge is 0.493 e. The zero-order valence-corrected chi connectivity index (χ0v) is 21.5. The number of carbonyl (C=O) groups is 2. The van der Waals surface area contributed by atoms with Crippen LogP contribution in [-0.4, -0.2) is 89.2 Å². The van der Waals surface area contributed by atoms with E-state index in [4.69, 9.17) is 19.9 Å². The monoisotopic (exact) mass is 515 g/mol. The fourth-order valence-electron chi connectivity index (χ4n) is 5.39. The van der Waals surface area contributed by atoms with Crippen LogP contribution in [0.4, 0.5) is 0 Å². The van der Waals surface area contributed by atoms with Gasteiger partial charge in [0.2, 0.25) is 18.4 Å². The number of ether oxygens (including phenoxy) is 3. The number of aliphatic carboxylic acids is 1. The molecule has 0 aliphatic carbocycles. The Morgan fingerprint density at radius 1 is 1.30 bits per heavy atom. The van der Waals surface area contributed by atoms with E-state index < -0.39 is 11.9 Å². The van der Waals surface area contributed by atoms with Gasteiger partial charge in [-0.25, -0.2) is 0 Å². The zero-order chi connectivity index (χ0) is 26.4. The Bertz CT molecular complexity index is 1060. The molecule has 1 saturated heterocycles. The van der Waals surface area contributed by atoms with Gasteiger partial charge in [-0.15, -0.1) is 0 Å². The molecule has 0 bridgehead atoms. The number of rotatable bonds is 13. The lowest BCUT2D eigenvalue weighted by Crippen LogP contribution is -2.46. The maximum absolute atomic E-state index is 13.4. The first kappa shape index (κ1) is 26.7. The lowest BCUT2D eigenvalue weighted by molar-refractivity contribution is -0.144. The van der Waals surface area contributed by atoms with Gasteiger partial charge in [0.05, 0.1) is 19.6 Å². The summed E-state index contributed by atoms with van der Waals surface area (Å²) in [6.07, 6.45) is 5.96. The second kappa shape index (κ2) is 12.3. The summed E-state index contributed by atoms with van der Waals surface area (Å²) in [4.78, 5) is 29.9. The van der Waals surface area contributed by atoms with E-state index in [2.05, 4.69) is 12.0 Å². The maximum Gasteiger partial charge on any atom is 0.308 e. The van der Waals surface area contributed by atoms with Crippen molar-refractivity contribution in [3.8, 4) is 17.2 Å². The van der Waals surface area contributed by atoms with E-state index in [1.165, 1.54) is 0 Å². The number of hydrogen-bond donors (Lipinski definition) is 2. The minimum Gasteiger partial charge on any atom is -0.493 e. The van der Waals surface area contributed by atoms with E-state index in [1.807, 2.05) is 29.3 Å². The molecule has 0 saturated carbocycles. The van der Waals surface area contributed by atoms with Crippen molar-refractivity contribution in [1.29, 1.82) is 0 Å². The predicted molar refractivity (Wildman–Crippen MR) is 136 cm³/mol. The molecular weight excluding hydrogens is 478 g/mol. The summed E-state index contributed by atoms with van der Waals surface area (Å²) in [5.41, 5.74) is 6.57. The molecular formula is C26H37N5O6. The van der Waals surface area contributed by atoms with Crippen molar-refractivity contribution in [2.24, 2.45) is 11.7 Å². The molecule has 1 aromatic heterocycles. The second-order valence-electron chi connectivity index (χ2n) is 9.51. The Hall–Kier alpha value is -3.31. The number of likely N-dealkylation sites (tertiary alicyclic amines) is 1. The molecule has 0 radical (unpaired) electrons. The number of nitrogens with two attached hydrogens (primary N) is 1. The third-order valence-electron chi connectivity index (χ3n) is 7.23. The fourth-order valence-corrected chi connectivity index (χ4v) is 5.39. The van der Waals surface area contributed by atoms with Crippen LogP contribution in [0, 0.1) is 5.92 Å². The first-order chi connectivity index (χ1) is 18.0. The number of fused-ring (bicyclic) bond motifs is 1. The van der Waals surface area contributed by atoms with E-state index in [-0.39, 0.29) is 31.2 Å². The molecule has 11 nitrogen and oxygen atoms in total. The van der Waals surface area contributed by atoms with E-state index in [0.29, 0.717) is 56.4 Å². The summed E-state index contributed by atoms with van der Waals surface area (Å²) in [5, 5.41) is 14.7. The summed E-state index contributed by atoms with van der Waals surface area (Å²) in [6.45, 7) is 4.78. The fraction of sp³-hybridized carbons (Fsp3) is 0.577. The van der Waals surface area contributed by atoms with Gasteiger partial charge in [0, 0.05) is 57.1 Å². The first-order valence-corrected chi connectivity index (χ1v) is 12.9. The Morgan fingerprint density at radius 2 is 2.14 bits per heavy atom. The Morgan fingerprint density at radius 3 is 2.81 bits per heavy atom. The number of amides is 1. The van der Waals surface area contributed by atoms with Crippen molar-refractivity contribution in [3.63, 3.8) is 0 Å². The number of aromatic nitrogens is 2. The van der Waals surface area contributed by atoms with E-state index in [0.717, 1.165) is 18.4 Å². The SMILES string of the molecule is CCCCN(CCN)C(=O)CN1C[C@H](c2cc(OC)c3c(c2)OCO3)[C@@H](C(=O)O)[C@@H]1CCn1cccn1. The molecule has 37 heavy (non-hydrogen) atoms. The highest BCUT2D eigenvalue weighted by Crippen LogP contribution is 2.47. The number of carboxylic acid groups (broad SMARTS) is 1. The molecule has 2 aliphatic heterocycles. The smallest absolute Gasteiger partial charge is 0.308 e. The van der Waals surface area contributed by atoms with Gasteiger partial charge in [-0.3, -0.25) is 19.2 Å². The van der Waals surface area contributed by atoms with E-state index >= 15 is 0 Å². The van der Waals surface area contributed by atoms with Crippen molar-refractivity contribution in [2.45, 2.75) is 44.7 Å². The highest BCUT2D eigenvalue weighted by molar-refractivity contribution is 5.79. The molecule has 2 aromatic rings. The zero-order valence-electron chi connectivity index (χ0n) is 21.5. The van der Waals surface area contributed by atoms with Gasteiger partial charge >= 0.3 is 5.97 Å². The molecule has 1 aromatic carbocycles. The highest BCUT2D eigenvalue weighted by atomic mass is 16.7. The Labute approximate surface area is 217 Å². The third-order valence-corrected chi connectivity index (χ3v) is 7.23. The average Bonchev–Trinajstić information content (AvgIpc) is 3.64. The van der Waals surface area contributed by atoms with E-state index in [9.17, 15) is 14.7 Å². The number of carbonyl (C=O) groups excluding carboxylic acids is 1. The summed E-state index contributed by atoms with van der Waals surface area (Å²) >= 11 is 0. The maximum atomic E-state index is 13.4. The van der Waals surface area contributed by atoms with Crippen LogP contribution in [-0.2, 0) is 16.1 Å². The number of aryl methyl sites for hydroxylation is 1. The van der Waals surface area contributed by atoms with Crippen molar-refractivity contribution < 1.29 is 28.9 Å². The van der Waals surface area contributed by atoms with Crippen LogP contribution >= 0.6 is 0 Å². The molecule has 1 amide bonds. The van der Waals surface area contributed by atoms with Crippen LogP contribution in [0.15, 0.2) is 30.6 Å². The average molecular weight is 516 g/mol. The number of methoxy groups -OCH3 is 1. The quantitative estimate of drug-likeness (QED) is 0.409. The number of hydrogen-bond acceptors (Lipinski definition) is 8. The van der Waals surface area contributed by atoms with Crippen molar-refractivity contribution in [2.75, 3.05) is 46.6 Å². The topological polar surface area (TPSA) is 132 Å². The lowest BCUT2D eigenvalue weighted by Gasteiger charge is -2.29. The molecule has 2 aliphatic rings. The van der Waals surface area contributed by atoms with Crippen LogP contribution in [0.5, 0.6) is 17.2 Å². The molecule has 11 heteroatoms. The number of unbranched alkanes of at least 4 members (excludes halogenated alkanes) is 1. The minimum absolute atomic E-state index is 0.0314. The lowest BCUT2D eigenvalue weighted by atomic mass is 9.84. The molecule has 3 heterocycles. The van der Waals surface area contributed by atoms with Gasteiger partial charge < -0.3 is 30.0 Å². The Kier molecular flexibility index (Phi) is 8.88.